The molecule has 1 N–H and O–H groups in total. The molecule has 4 nitrogen and oxygen atoms in total. The third kappa shape index (κ3) is 4.00. The largest absolute Gasteiger partial charge is 0.416 e. The van der Waals surface area contributed by atoms with Crippen molar-refractivity contribution in [3.8, 4) is 0 Å². The highest BCUT2D eigenvalue weighted by atomic mass is 19.4. The van der Waals surface area contributed by atoms with Crippen molar-refractivity contribution in [1.82, 2.24) is 4.98 Å². The van der Waals surface area contributed by atoms with Crippen LogP contribution >= 0.6 is 0 Å². The maximum absolute atomic E-state index is 13.0. The second-order valence-corrected chi connectivity index (χ2v) is 5.14. The highest BCUT2D eigenvalue weighted by Gasteiger charge is 2.33. The predicted molar refractivity (Wildman–Crippen MR) is 75.6 cm³/mol. The Morgan fingerprint density at radius 1 is 1.43 bits per heavy atom. The summed E-state index contributed by atoms with van der Waals surface area (Å²) in [6.45, 7) is 6.00. The standard InChI is InChI=1S/C14H20F3N3O/c1-3-4-18-12-7-11(14(15,16)17)8-13(19-12)20-5-6-21-9-10(20)2/h7-8,10H,3-6,9H2,1-2H3,(H,18,19). The van der Waals surface area contributed by atoms with Crippen LogP contribution in [0.15, 0.2) is 12.1 Å². The summed E-state index contributed by atoms with van der Waals surface area (Å²) in [7, 11) is 0. The summed E-state index contributed by atoms with van der Waals surface area (Å²) in [5, 5.41) is 2.93. The molecule has 2 heterocycles. The molecular weight excluding hydrogens is 283 g/mol. The number of nitrogens with one attached hydrogen (secondary N) is 1. The van der Waals surface area contributed by atoms with Gasteiger partial charge in [-0.2, -0.15) is 13.2 Å². The molecule has 1 unspecified atom stereocenters. The molecular formula is C14H20F3N3O. The number of rotatable bonds is 4. The molecule has 0 amide bonds. The second kappa shape index (κ2) is 6.51. The number of nitrogens with zero attached hydrogens (tertiary/aromatic N) is 2. The lowest BCUT2D eigenvalue weighted by atomic mass is 10.2. The Morgan fingerprint density at radius 3 is 2.81 bits per heavy atom. The number of aromatic nitrogens is 1. The monoisotopic (exact) mass is 303 g/mol. The van der Waals surface area contributed by atoms with Gasteiger partial charge in [0, 0.05) is 13.1 Å². The summed E-state index contributed by atoms with van der Waals surface area (Å²) in [6.07, 6.45) is -3.56. The lowest BCUT2D eigenvalue weighted by molar-refractivity contribution is -0.137. The van der Waals surface area contributed by atoms with E-state index in [2.05, 4.69) is 10.3 Å². The molecule has 21 heavy (non-hydrogen) atoms. The van der Waals surface area contributed by atoms with E-state index in [9.17, 15) is 13.2 Å². The fraction of sp³-hybridized carbons (Fsp3) is 0.643. The average Bonchev–Trinajstić information content (AvgIpc) is 2.44. The molecule has 7 heteroatoms. The van der Waals surface area contributed by atoms with Crippen molar-refractivity contribution in [2.45, 2.75) is 32.5 Å². The van der Waals surface area contributed by atoms with Crippen molar-refractivity contribution < 1.29 is 17.9 Å². The first-order valence-corrected chi connectivity index (χ1v) is 7.09. The Bertz CT molecular complexity index is 479. The molecule has 1 aliphatic heterocycles. The van der Waals surface area contributed by atoms with Crippen LogP contribution in [0, 0.1) is 0 Å². The predicted octanol–water partition coefficient (Wildman–Crippen LogP) is 3.15. The minimum atomic E-state index is -4.38. The molecule has 1 fully saturated rings. The molecule has 1 atom stereocenters. The van der Waals surface area contributed by atoms with E-state index in [-0.39, 0.29) is 11.9 Å². The van der Waals surface area contributed by atoms with E-state index < -0.39 is 11.7 Å². The lowest BCUT2D eigenvalue weighted by Crippen LogP contribution is -2.44. The molecule has 0 spiro atoms. The van der Waals surface area contributed by atoms with Crippen LogP contribution in [0.25, 0.3) is 0 Å². The van der Waals surface area contributed by atoms with Gasteiger partial charge in [-0.25, -0.2) is 4.98 Å². The Labute approximate surface area is 122 Å². The molecule has 0 saturated carbocycles. The molecule has 0 radical (unpaired) electrons. The van der Waals surface area contributed by atoms with Gasteiger partial charge in [-0.3, -0.25) is 0 Å². The Hall–Kier alpha value is -1.50. The van der Waals surface area contributed by atoms with Gasteiger partial charge in [-0.1, -0.05) is 6.92 Å². The summed E-state index contributed by atoms with van der Waals surface area (Å²) in [5.41, 5.74) is -0.676. The van der Waals surface area contributed by atoms with Crippen molar-refractivity contribution in [2.24, 2.45) is 0 Å². The van der Waals surface area contributed by atoms with E-state index in [1.165, 1.54) is 0 Å². The van der Waals surface area contributed by atoms with Crippen molar-refractivity contribution in [2.75, 3.05) is 36.5 Å². The highest BCUT2D eigenvalue weighted by Crippen LogP contribution is 2.33. The zero-order valence-electron chi connectivity index (χ0n) is 12.2. The fourth-order valence-electron chi connectivity index (χ4n) is 2.24. The molecule has 1 saturated heterocycles. The van der Waals surface area contributed by atoms with E-state index in [4.69, 9.17) is 4.74 Å². The van der Waals surface area contributed by atoms with Crippen molar-refractivity contribution in [3.05, 3.63) is 17.7 Å². The quantitative estimate of drug-likeness (QED) is 0.927. The van der Waals surface area contributed by atoms with Gasteiger partial charge in [-0.05, 0) is 25.5 Å². The zero-order valence-corrected chi connectivity index (χ0v) is 12.2. The van der Waals surface area contributed by atoms with Crippen LogP contribution in [-0.4, -0.2) is 37.3 Å². The smallest absolute Gasteiger partial charge is 0.377 e. The number of ether oxygens (including phenoxy) is 1. The Kier molecular flexibility index (Phi) is 4.92. The van der Waals surface area contributed by atoms with Gasteiger partial charge in [0.1, 0.15) is 11.6 Å². The van der Waals surface area contributed by atoms with E-state index in [0.717, 1.165) is 18.6 Å². The molecule has 0 bridgehead atoms. The van der Waals surface area contributed by atoms with Crippen LogP contribution in [0.5, 0.6) is 0 Å². The first-order valence-electron chi connectivity index (χ1n) is 7.09. The SMILES string of the molecule is CCCNc1cc(C(F)(F)F)cc(N2CCOCC2C)n1. The number of morpholine rings is 1. The first-order chi connectivity index (χ1) is 9.91. The van der Waals surface area contributed by atoms with E-state index in [1.54, 1.807) is 0 Å². The van der Waals surface area contributed by atoms with Crippen LogP contribution in [0.3, 0.4) is 0 Å². The molecule has 1 aromatic rings. The third-order valence-electron chi connectivity index (χ3n) is 3.36. The van der Waals surface area contributed by atoms with E-state index in [1.807, 2.05) is 18.7 Å². The lowest BCUT2D eigenvalue weighted by Gasteiger charge is -2.34. The molecule has 0 aromatic carbocycles. The molecule has 2 rings (SSSR count). The topological polar surface area (TPSA) is 37.4 Å². The molecule has 1 aromatic heterocycles. The summed E-state index contributed by atoms with van der Waals surface area (Å²) in [5.74, 6) is 0.611. The van der Waals surface area contributed by atoms with Gasteiger partial charge in [0.2, 0.25) is 0 Å². The van der Waals surface area contributed by atoms with Gasteiger partial charge in [0.15, 0.2) is 0 Å². The first kappa shape index (κ1) is 15.9. The maximum Gasteiger partial charge on any atom is 0.416 e. The minimum absolute atomic E-state index is 0.00811. The number of anilines is 2. The van der Waals surface area contributed by atoms with E-state index in [0.29, 0.717) is 32.1 Å². The molecule has 0 aliphatic carbocycles. The average molecular weight is 303 g/mol. The highest BCUT2D eigenvalue weighted by molar-refractivity contribution is 5.52. The Morgan fingerprint density at radius 2 is 2.19 bits per heavy atom. The van der Waals surface area contributed by atoms with E-state index >= 15 is 0 Å². The van der Waals surface area contributed by atoms with Gasteiger partial charge in [0.05, 0.1) is 24.8 Å². The van der Waals surface area contributed by atoms with Crippen molar-refractivity contribution in [3.63, 3.8) is 0 Å². The van der Waals surface area contributed by atoms with Crippen LogP contribution in [-0.2, 0) is 10.9 Å². The number of alkyl halides is 3. The van der Waals surface area contributed by atoms with Crippen LogP contribution in [0.2, 0.25) is 0 Å². The normalized spacial score (nSPS) is 19.7. The number of pyridine rings is 1. The number of hydrogen-bond acceptors (Lipinski definition) is 4. The van der Waals surface area contributed by atoms with Crippen molar-refractivity contribution in [1.29, 1.82) is 0 Å². The van der Waals surface area contributed by atoms with Crippen LogP contribution in [0.4, 0.5) is 24.8 Å². The summed E-state index contributed by atoms with van der Waals surface area (Å²) in [6, 6.07) is 2.18. The molecule has 118 valence electrons. The summed E-state index contributed by atoms with van der Waals surface area (Å²) >= 11 is 0. The summed E-state index contributed by atoms with van der Waals surface area (Å²) in [4.78, 5) is 6.17. The van der Waals surface area contributed by atoms with Gasteiger partial charge in [0.25, 0.3) is 0 Å². The van der Waals surface area contributed by atoms with Crippen molar-refractivity contribution >= 4 is 11.6 Å². The van der Waals surface area contributed by atoms with Gasteiger partial charge < -0.3 is 15.0 Å². The number of halogens is 3. The van der Waals surface area contributed by atoms with Gasteiger partial charge in [-0.15, -0.1) is 0 Å². The summed E-state index contributed by atoms with van der Waals surface area (Å²) < 4.78 is 44.4. The fourth-order valence-corrected chi connectivity index (χ4v) is 2.24. The van der Waals surface area contributed by atoms with Crippen LogP contribution in [0.1, 0.15) is 25.8 Å². The third-order valence-corrected chi connectivity index (χ3v) is 3.36. The number of hydrogen-bond donors (Lipinski definition) is 1. The second-order valence-electron chi connectivity index (χ2n) is 5.14. The zero-order chi connectivity index (χ0) is 15.5. The molecule has 1 aliphatic rings. The minimum Gasteiger partial charge on any atom is -0.377 e. The Balaban J connectivity index is 2.34. The maximum atomic E-state index is 13.0. The van der Waals surface area contributed by atoms with Crippen LogP contribution < -0.4 is 10.2 Å². The van der Waals surface area contributed by atoms with Gasteiger partial charge >= 0.3 is 6.18 Å².